The van der Waals surface area contributed by atoms with Gasteiger partial charge < -0.3 is 9.47 Å². The zero-order valence-electron chi connectivity index (χ0n) is 11.9. The second kappa shape index (κ2) is 6.91. The predicted octanol–water partition coefficient (Wildman–Crippen LogP) is 5.12. The third-order valence-electron chi connectivity index (χ3n) is 2.82. The summed E-state index contributed by atoms with van der Waals surface area (Å²) < 4.78 is 48.4. The number of alkyl halides is 3. The predicted molar refractivity (Wildman–Crippen MR) is 79.1 cm³/mol. The molecule has 2 aromatic rings. The van der Waals surface area contributed by atoms with Crippen LogP contribution in [0, 0.1) is 0 Å². The summed E-state index contributed by atoms with van der Waals surface area (Å²) in [6.45, 7) is 1.60. The summed E-state index contributed by atoms with van der Waals surface area (Å²) in [7, 11) is 0. The highest BCUT2D eigenvalue weighted by Crippen LogP contribution is 2.36. The first-order valence-corrected chi connectivity index (χ1v) is 6.94. The first kappa shape index (κ1) is 17.1. The molecule has 0 radical (unpaired) electrons. The monoisotopic (exact) mass is 344 g/mol. The van der Waals surface area contributed by atoms with Crippen LogP contribution in [0.4, 0.5) is 13.2 Å². The quantitative estimate of drug-likeness (QED) is 0.706. The normalized spacial score (nSPS) is 12.6. The molecule has 1 unspecified atom stereocenters. The Balaban J connectivity index is 2.12. The molecule has 0 N–H and O–H groups in total. The van der Waals surface area contributed by atoms with Crippen LogP contribution >= 0.6 is 11.6 Å². The van der Waals surface area contributed by atoms with E-state index in [4.69, 9.17) is 21.1 Å². The van der Waals surface area contributed by atoms with Crippen molar-refractivity contribution in [1.29, 1.82) is 0 Å². The van der Waals surface area contributed by atoms with Gasteiger partial charge in [-0.15, -0.1) is 0 Å². The van der Waals surface area contributed by atoms with Gasteiger partial charge in [-0.3, -0.25) is 4.79 Å². The summed E-state index contributed by atoms with van der Waals surface area (Å²) >= 11 is 5.82. The minimum absolute atomic E-state index is 0.106. The zero-order chi connectivity index (χ0) is 17.0. The Morgan fingerprint density at radius 3 is 2.22 bits per heavy atom. The zero-order valence-corrected chi connectivity index (χ0v) is 12.7. The van der Waals surface area contributed by atoms with Crippen molar-refractivity contribution in [3.05, 3.63) is 53.1 Å². The van der Waals surface area contributed by atoms with Gasteiger partial charge in [0.1, 0.15) is 17.2 Å². The Morgan fingerprint density at radius 1 is 1.09 bits per heavy atom. The molecule has 0 aromatic heterocycles. The second-order valence-electron chi connectivity index (χ2n) is 4.68. The fraction of sp³-hybridized carbons (Fsp3) is 0.188. The molecule has 1 atom stereocenters. The van der Waals surface area contributed by atoms with Crippen molar-refractivity contribution in [2.45, 2.75) is 19.2 Å². The summed E-state index contributed by atoms with van der Waals surface area (Å²) in [6.07, 6.45) is -4.38. The summed E-state index contributed by atoms with van der Waals surface area (Å²) in [5, 5.41) is -0.144. The molecular formula is C16H12ClF3O3. The molecule has 0 saturated carbocycles. The number of rotatable bonds is 5. The molecule has 7 heteroatoms. The maximum Gasteiger partial charge on any atom is 0.416 e. The van der Waals surface area contributed by atoms with Gasteiger partial charge in [0.25, 0.3) is 0 Å². The molecule has 0 aliphatic carbocycles. The number of hydrogen-bond donors (Lipinski definition) is 0. The summed E-state index contributed by atoms with van der Waals surface area (Å²) in [5.74, 6) is 0.947. The number of aldehydes is 1. The van der Waals surface area contributed by atoms with E-state index in [2.05, 4.69) is 0 Å². The lowest BCUT2D eigenvalue weighted by Crippen LogP contribution is -2.12. The Labute approximate surface area is 135 Å². The number of benzene rings is 2. The van der Waals surface area contributed by atoms with E-state index in [0.29, 0.717) is 17.8 Å². The van der Waals surface area contributed by atoms with Crippen LogP contribution in [0.3, 0.4) is 0 Å². The van der Waals surface area contributed by atoms with Crippen molar-refractivity contribution in [2.75, 3.05) is 0 Å². The Kier molecular flexibility index (Phi) is 5.15. The van der Waals surface area contributed by atoms with E-state index < -0.39 is 17.8 Å². The van der Waals surface area contributed by atoms with E-state index in [-0.39, 0.29) is 10.8 Å². The lowest BCUT2D eigenvalue weighted by molar-refractivity contribution is -0.137. The first-order chi connectivity index (χ1) is 10.8. The van der Waals surface area contributed by atoms with Crippen LogP contribution in [-0.4, -0.2) is 12.4 Å². The lowest BCUT2D eigenvalue weighted by Gasteiger charge is -2.12. The van der Waals surface area contributed by atoms with E-state index in [0.717, 1.165) is 18.2 Å². The number of ether oxygens (including phenoxy) is 2. The standard InChI is InChI=1S/C16H12ClF3O3/c1-10(9-21)22-12-3-5-13(6-4-12)23-15-7-2-11(8-14(15)17)16(18,19)20/h2-10H,1H3. The van der Waals surface area contributed by atoms with E-state index in [1.165, 1.54) is 0 Å². The van der Waals surface area contributed by atoms with Crippen LogP contribution in [0.5, 0.6) is 17.2 Å². The molecular weight excluding hydrogens is 333 g/mol. The van der Waals surface area contributed by atoms with Gasteiger partial charge in [-0.25, -0.2) is 0 Å². The topological polar surface area (TPSA) is 35.5 Å². The van der Waals surface area contributed by atoms with Crippen molar-refractivity contribution >= 4 is 17.9 Å². The minimum Gasteiger partial charge on any atom is -0.483 e. The lowest BCUT2D eigenvalue weighted by atomic mass is 10.2. The molecule has 0 fully saturated rings. The molecule has 2 rings (SSSR count). The molecule has 23 heavy (non-hydrogen) atoms. The van der Waals surface area contributed by atoms with Crippen molar-refractivity contribution in [1.82, 2.24) is 0 Å². The summed E-state index contributed by atoms with van der Waals surface area (Å²) in [6, 6.07) is 9.12. The molecule has 0 saturated heterocycles. The van der Waals surface area contributed by atoms with Crippen LogP contribution in [0.1, 0.15) is 12.5 Å². The Hall–Kier alpha value is -2.21. The van der Waals surface area contributed by atoms with Crippen molar-refractivity contribution in [2.24, 2.45) is 0 Å². The van der Waals surface area contributed by atoms with E-state index in [1.54, 1.807) is 31.2 Å². The Morgan fingerprint density at radius 2 is 1.70 bits per heavy atom. The maximum atomic E-state index is 12.6. The van der Waals surface area contributed by atoms with Gasteiger partial charge in [0.05, 0.1) is 10.6 Å². The first-order valence-electron chi connectivity index (χ1n) is 6.56. The van der Waals surface area contributed by atoms with Crippen molar-refractivity contribution in [3.8, 4) is 17.2 Å². The molecule has 0 bridgehead atoms. The smallest absolute Gasteiger partial charge is 0.416 e. The number of carbonyl (C=O) groups is 1. The third-order valence-corrected chi connectivity index (χ3v) is 3.12. The van der Waals surface area contributed by atoms with Gasteiger partial charge >= 0.3 is 6.18 Å². The molecule has 0 spiro atoms. The Bertz CT molecular complexity index is 684. The fourth-order valence-corrected chi connectivity index (χ4v) is 1.93. The summed E-state index contributed by atoms with van der Waals surface area (Å²) in [5.41, 5.74) is -0.846. The minimum atomic E-state index is -4.46. The van der Waals surface area contributed by atoms with Crippen LogP contribution < -0.4 is 9.47 Å². The van der Waals surface area contributed by atoms with Gasteiger partial charge in [-0.1, -0.05) is 11.6 Å². The van der Waals surface area contributed by atoms with Gasteiger partial charge in [-0.05, 0) is 49.4 Å². The molecule has 3 nitrogen and oxygen atoms in total. The van der Waals surface area contributed by atoms with Crippen LogP contribution in [0.15, 0.2) is 42.5 Å². The second-order valence-corrected chi connectivity index (χ2v) is 5.08. The molecule has 0 heterocycles. The van der Waals surface area contributed by atoms with Gasteiger partial charge in [0, 0.05) is 0 Å². The molecule has 2 aromatic carbocycles. The average Bonchev–Trinajstić information content (AvgIpc) is 2.50. The molecule has 0 aliphatic heterocycles. The third kappa shape index (κ3) is 4.63. The highest BCUT2D eigenvalue weighted by molar-refractivity contribution is 6.32. The fourth-order valence-electron chi connectivity index (χ4n) is 1.72. The maximum absolute atomic E-state index is 12.6. The molecule has 0 aliphatic rings. The number of halogens is 4. The van der Waals surface area contributed by atoms with Gasteiger partial charge in [0.15, 0.2) is 12.4 Å². The number of hydrogen-bond acceptors (Lipinski definition) is 3. The van der Waals surface area contributed by atoms with Crippen molar-refractivity contribution < 1.29 is 27.4 Å². The van der Waals surface area contributed by atoms with E-state index >= 15 is 0 Å². The van der Waals surface area contributed by atoms with E-state index in [9.17, 15) is 18.0 Å². The van der Waals surface area contributed by atoms with Crippen LogP contribution in [0.2, 0.25) is 5.02 Å². The largest absolute Gasteiger partial charge is 0.483 e. The van der Waals surface area contributed by atoms with Crippen LogP contribution in [-0.2, 0) is 11.0 Å². The molecule has 122 valence electrons. The average molecular weight is 345 g/mol. The highest BCUT2D eigenvalue weighted by atomic mass is 35.5. The van der Waals surface area contributed by atoms with Gasteiger partial charge in [0.2, 0.25) is 0 Å². The summed E-state index contributed by atoms with van der Waals surface area (Å²) in [4.78, 5) is 10.5. The van der Waals surface area contributed by atoms with Gasteiger partial charge in [-0.2, -0.15) is 13.2 Å². The van der Waals surface area contributed by atoms with Crippen LogP contribution in [0.25, 0.3) is 0 Å². The van der Waals surface area contributed by atoms with Crippen molar-refractivity contribution in [3.63, 3.8) is 0 Å². The molecule has 0 amide bonds. The highest BCUT2D eigenvalue weighted by Gasteiger charge is 2.31. The SMILES string of the molecule is CC(C=O)Oc1ccc(Oc2ccc(C(F)(F)F)cc2Cl)cc1. The van der Waals surface area contributed by atoms with E-state index in [1.807, 2.05) is 0 Å². The number of carbonyl (C=O) groups excluding carboxylic acids is 1.